The predicted molar refractivity (Wildman–Crippen MR) is 78.5 cm³/mol. The van der Waals surface area contributed by atoms with E-state index in [4.69, 9.17) is 0 Å². The van der Waals surface area contributed by atoms with Crippen LogP contribution in [-0.2, 0) is 0 Å². The van der Waals surface area contributed by atoms with E-state index in [0.717, 1.165) is 12.5 Å². The molecule has 1 N–H and O–H groups in total. The van der Waals surface area contributed by atoms with E-state index in [9.17, 15) is 0 Å². The van der Waals surface area contributed by atoms with Crippen LogP contribution in [0.2, 0.25) is 0 Å². The predicted octanol–water partition coefficient (Wildman–Crippen LogP) is 3.52. The molecule has 0 aliphatic rings. The van der Waals surface area contributed by atoms with Crippen LogP contribution >= 0.6 is 0 Å². The van der Waals surface area contributed by atoms with E-state index in [1.807, 2.05) is 0 Å². The Balaban J connectivity index is 3.54. The number of rotatable bonds is 8. The van der Waals surface area contributed by atoms with Gasteiger partial charge in [-0.15, -0.1) is 0 Å². The van der Waals surface area contributed by atoms with Gasteiger partial charge in [-0.05, 0) is 73.0 Å². The molecular formula is C15H34N2. The Morgan fingerprint density at radius 2 is 1.65 bits per heavy atom. The zero-order chi connectivity index (χ0) is 13.5. The van der Waals surface area contributed by atoms with Crippen LogP contribution in [0.5, 0.6) is 0 Å². The van der Waals surface area contributed by atoms with Crippen LogP contribution in [0.4, 0.5) is 0 Å². The third kappa shape index (κ3) is 10.8. The summed E-state index contributed by atoms with van der Waals surface area (Å²) < 4.78 is 0. The first-order chi connectivity index (χ1) is 7.72. The molecule has 0 heterocycles. The lowest BCUT2D eigenvalue weighted by molar-refractivity contribution is 0.223. The highest BCUT2D eigenvalue weighted by Gasteiger charge is 2.11. The number of hydrogen-bond donors (Lipinski definition) is 1. The quantitative estimate of drug-likeness (QED) is 0.655. The van der Waals surface area contributed by atoms with Crippen LogP contribution in [-0.4, -0.2) is 36.6 Å². The molecule has 1 atom stereocenters. The van der Waals surface area contributed by atoms with Gasteiger partial charge >= 0.3 is 0 Å². The number of nitrogens with one attached hydrogen (secondary N) is 1. The van der Waals surface area contributed by atoms with Crippen molar-refractivity contribution in [1.29, 1.82) is 0 Å². The van der Waals surface area contributed by atoms with Gasteiger partial charge in [0, 0.05) is 11.6 Å². The summed E-state index contributed by atoms with van der Waals surface area (Å²) in [5.41, 5.74) is 0.261. The summed E-state index contributed by atoms with van der Waals surface area (Å²) >= 11 is 0. The van der Waals surface area contributed by atoms with Crippen molar-refractivity contribution >= 4 is 0 Å². The van der Waals surface area contributed by atoms with E-state index < -0.39 is 0 Å². The van der Waals surface area contributed by atoms with E-state index in [-0.39, 0.29) is 5.54 Å². The number of unbranched alkanes of at least 4 members (excludes halogenated alkanes) is 1. The zero-order valence-electron chi connectivity index (χ0n) is 13.1. The lowest BCUT2D eigenvalue weighted by Gasteiger charge is -2.26. The average Bonchev–Trinajstić information content (AvgIpc) is 2.13. The molecule has 0 amide bonds. The van der Waals surface area contributed by atoms with Gasteiger partial charge in [0.25, 0.3) is 0 Å². The normalized spacial score (nSPS) is 14.6. The van der Waals surface area contributed by atoms with Crippen LogP contribution in [0.3, 0.4) is 0 Å². The first kappa shape index (κ1) is 16.9. The molecule has 1 unspecified atom stereocenters. The van der Waals surface area contributed by atoms with Crippen LogP contribution in [0.1, 0.15) is 60.8 Å². The molecule has 0 rings (SSSR count). The number of nitrogens with zero attached hydrogens (tertiary/aromatic N) is 1. The molecule has 0 aliphatic carbocycles. The van der Waals surface area contributed by atoms with Gasteiger partial charge in [-0.3, -0.25) is 0 Å². The van der Waals surface area contributed by atoms with E-state index in [0.29, 0.717) is 6.04 Å². The molecule has 2 heteroatoms. The minimum absolute atomic E-state index is 0.261. The maximum absolute atomic E-state index is 3.54. The third-order valence-corrected chi connectivity index (χ3v) is 3.16. The Labute approximate surface area is 109 Å². The summed E-state index contributed by atoms with van der Waals surface area (Å²) in [5, 5.41) is 3.54. The summed E-state index contributed by atoms with van der Waals surface area (Å²) in [6.45, 7) is 16.0. The third-order valence-electron chi connectivity index (χ3n) is 3.16. The molecule has 17 heavy (non-hydrogen) atoms. The Bertz CT molecular complexity index is 182. The van der Waals surface area contributed by atoms with Gasteiger partial charge in [0.1, 0.15) is 0 Å². The van der Waals surface area contributed by atoms with E-state index >= 15 is 0 Å². The summed E-state index contributed by atoms with van der Waals surface area (Å²) in [6.07, 6.45) is 3.87. The minimum atomic E-state index is 0.261. The molecule has 0 aliphatic heterocycles. The van der Waals surface area contributed by atoms with E-state index in [2.05, 4.69) is 58.8 Å². The molecule has 0 spiro atoms. The smallest absolute Gasteiger partial charge is 0.00965 e. The Morgan fingerprint density at radius 1 is 1.06 bits per heavy atom. The monoisotopic (exact) mass is 242 g/mol. The maximum Gasteiger partial charge on any atom is 0.00965 e. The van der Waals surface area contributed by atoms with Crippen molar-refractivity contribution in [2.75, 3.05) is 20.1 Å². The van der Waals surface area contributed by atoms with Crippen LogP contribution in [0, 0.1) is 5.92 Å². The van der Waals surface area contributed by atoms with Crippen molar-refractivity contribution < 1.29 is 0 Å². The second kappa shape index (κ2) is 8.10. The molecule has 0 radical (unpaired) electrons. The van der Waals surface area contributed by atoms with E-state index in [1.54, 1.807) is 0 Å². The van der Waals surface area contributed by atoms with Crippen molar-refractivity contribution in [2.24, 2.45) is 5.92 Å². The van der Waals surface area contributed by atoms with Crippen molar-refractivity contribution in [3.63, 3.8) is 0 Å². The summed E-state index contributed by atoms with van der Waals surface area (Å²) in [4.78, 5) is 2.50. The lowest BCUT2D eigenvalue weighted by atomic mass is 10.0. The first-order valence-electron chi connectivity index (χ1n) is 7.17. The molecule has 0 bridgehead atoms. The fraction of sp³-hybridized carbons (Fsp3) is 1.00. The molecular weight excluding hydrogens is 208 g/mol. The second-order valence-corrected chi connectivity index (χ2v) is 6.84. The van der Waals surface area contributed by atoms with Crippen molar-refractivity contribution in [1.82, 2.24) is 10.2 Å². The Hall–Kier alpha value is -0.0800. The molecule has 0 fully saturated rings. The zero-order valence-corrected chi connectivity index (χ0v) is 13.1. The molecule has 0 aromatic carbocycles. The van der Waals surface area contributed by atoms with Gasteiger partial charge in [-0.25, -0.2) is 0 Å². The van der Waals surface area contributed by atoms with Crippen LogP contribution < -0.4 is 5.32 Å². The first-order valence-corrected chi connectivity index (χ1v) is 7.17. The summed E-state index contributed by atoms with van der Waals surface area (Å²) in [5.74, 6) is 0.801. The van der Waals surface area contributed by atoms with Crippen molar-refractivity contribution in [3.8, 4) is 0 Å². The molecule has 2 nitrogen and oxygen atoms in total. The summed E-state index contributed by atoms with van der Waals surface area (Å²) in [7, 11) is 2.25. The van der Waals surface area contributed by atoms with Gasteiger partial charge in [0.15, 0.2) is 0 Å². The Kier molecular flexibility index (Phi) is 8.06. The Morgan fingerprint density at radius 3 is 2.12 bits per heavy atom. The van der Waals surface area contributed by atoms with Crippen molar-refractivity contribution in [2.45, 2.75) is 72.4 Å². The highest BCUT2D eigenvalue weighted by molar-refractivity contribution is 4.70. The molecule has 0 aromatic heterocycles. The van der Waals surface area contributed by atoms with Crippen LogP contribution in [0.15, 0.2) is 0 Å². The molecule has 104 valence electrons. The largest absolute Gasteiger partial charge is 0.312 e. The van der Waals surface area contributed by atoms with Gasteiger partial charge in [0.05, 0.1) is 0 Å². The standard InChI is InChI=1S/C15H34N2/c1-13(2)12-14(3)17(7)11-9-8-10-16-15(4,5)6/h13-14,16H,8-12H2,1-7H3. The topological polar surface area (TPSA) is 15.3 Å². The maximum atomic E-state index is 3.54. The summed E-state index contributed by atoms with van der Waals surface area (Å²) in [6, 6.07) is 0.713. The van der Waals surface area contributed by atoms with Gasteiger partial charge in [0.2, 0.25) is 0 Å². The number of hydrogen-bond acceptors (Lipinski definition) is 2. The highest BCUT2D eigenvalue weighted by Crippen LogP contribution is 2.10. The molecule has 0 saturated heterocycles. The molecule has 0 saturated carbocycles. The van der Waals surface area contributed by atoms with Gasteiger partial charge in [-0.2, -0.15) is 0 Å². The fourth-order valence-corrected chi connectivity index (χ4v) is 2.03. The minimum Gasteiger partial charge on any atom is -0.312 e. The lowest BCUT2D eigenvalue weighted by Crippen LogP contribution is -2.37. The van der Waals surface area contributed by atoms with Gasteiger partial charge in [-0.1, -0.05) is 13.8 Å². The van der Waals surface area contributed by atoms with Gasteiger partial charge < -0.3 is 10.2 Å². The fourth-order valence-electron chi connectivity index (χ4n) is 2.03. The SMILES string of the molecule is CC(C)CC(C)N(C)CCCCNC(C)(C)C. The molecule has 0 aromatic rings. The van der Waals surface area contributed by atoms with E-state index in [1.165, 1.54) is 25.8 Å². The average molecular weight is 242 g/mol. The van der Waals surface area contributed by atoms with Crippen molar-refractivity contribution in [3.05, 3.63) is 0 Å². The highest BCUT2D eigenvalue weighted by atomic mass is 15.1. The second-order valence-electron chi connectivity index (χ2n) is 6.84. The van der Waals surface area contributed by atoms with Crippen LogP contribution in [0.25, 0.3) is 0 Å².